The van der Waals surface area contributed by atoms with Crippen LogP contribution in [0.3, 0.4) is 0 Å². The number of piperidine rings is 2. The van der Waals surface area contributed by atoms with Crippen LogP contribution in [0.1, 0.15) is 32.6 Å². The molecule has 3 heterocycles. The Morgan fingerprint density at radius 1 is 1.21 bits per heavy atom. The number of amides is 4. The van der Waals surface area contributed by atoms with Crippen molar-refractivity contribution in [2.75, 3.05) is 19.6 Å². The quantitative estimate of drug-likeness (QED) is 0.148. The standard InChI is InChI=1S/C15H23N5O7S.Na/c1-9(21)18-6-4-10(5-7-18)14(22)17-13(16)12-3-2-11-8-19(12)15(23)20(11)27-28(24,25)26;/h10-12H,2-8H2,1H3,(H2,16,17,22)(H,24,25,26);/q;+1/p-1/t11-,12+;/m1./s1. The molecule has 2 N–H and O–H groups in total. The zero-order valence-electron chi connectivity index (χ0n) is 16.3. The van der Waals surface area contributed by atoms with Gasteiger partial charge in [-0.25, -0.2) is 13.2 Å². The van der Waals surface area contributed by atoms with E-state index in [-0.39, 0.29) is 59.7 Å². The van der Waals surface area contributed by atoms with Gasteiger partial charge in [-0.1, -0.05) is 0 Å². The first-order valence-corrected chi connectivity index (χ1v) is 10.3. The summed E-state index contributed by atoms with van der Waals surface area (Å²) in [4.78, 5) is 39.0. The van der Waals surface area contributed by atoms with Crippen LogP contribution in [0, 0.1) is 11.3 Å². The molecule has 0 radical (unpaired) electrons. The number of carbonyl (C=O) groups excluding carboxylic acids is 3. The van der Waals surface area contributed by atoms with Crippen molar-refractivity contribution in [1.29, 1.82) is 5.41 Å². The number of amidine groups is 1. The smallest absolute Gasteiger partial charge is 0.724 e. The molecular formula is C15H22N5NaO7S. The van der Waals surface area contributed by atoms with Gasteiger partial charge in [0.1, 0.15) is 5.84 Å². The fourth-order valence-electron chi connectivity index (χ4n) is 3.90. The van der Waals surface area contributed by atoms with Gasteiger partial charge in [-0.15, -0.1) is 0 Å². The summed E-state index contributed by atoms with van der Waals surface area (Å²) in [6.07, 6.45) is 1.66. The van der Waals surface area contributed by atoms with E-state index in [0.717, 1.165) is 0 Å². The predicted octanol–water partition coefficient (Wildman–Crippen LogP) is -4.00. The Morgan fingerprint density at radius 2 is 1.83 bits per heavy atom. The van der Waals surface area contributed by atoms with Gasteiger partial charge in [0, 0.05) is 32.5 Å². The molecule has 0 aromatic carbocycles. The molecular weight excluding hydrogens is 417 g/mol. The molecule has 3 aliphatic rings. The Kier molecular flexibility index (Phi) is 7.68. The molecule has 2 bridgehead atoms. The van der Waals surface area contributed by atoms with E-state index in [1.54, 1.807) is 4.90 Å². The number of hydroxylamine groups is 2. The zero-order chi connectivity index (χ0) is 20.6. The van der Waals surface area contributed by atoms with Crippen LogP contribution in [0.5, 0.6) is 0 Å². The van der Waals surface area contributed by atoms with E-state index in [9.17, 15) is 27.4 Å². The monoisotopic (exact) mass is 439 g/mol. The fraction of sp³-hybridized carbons (Fsp3) is 0.733. The van der Waals surface area contributed by atoms with Crippen molar-refractivity contribution in [3.63, 3.8) is 0 Å². The van der Waals surface area contributed by atoms with Gasteiger partial charge in [0.15, 0.2) is 0 Å². The third-order valence-electron chi connectivity index (χ3n) is 5.40. The second kappa shape index (κ2) is 9.27. The first-order chi connectivity index (χ1) is 13.1. The van der Waals surface area contributed by atoms with Gasteiger partial charge in [0.05, 0.1) is 12.1 Å². The summed E-state index contributed by atoms with van der Waals surface area (Å²) in [5, 5.41) is 11.3. The van der Waals surface area contributed by atoms with Crippen molar-refractivity contribution in [3.05, 3.63) is 0 Å². The van der Waals surface area contributed by atoms with Crippen molar-refractivity contribution in [2.45, 2.75) is 44.7 Å². The van der Waals surface area contributed by atoms with E-state index in [0.29, 0.717) is 43.8 Å². The number of urea groups is 1. The maximum atomic E-state index is 12.5. The summed E-state index contributed by atoms with van der Waals surface area (Å²) < 4.78 is 36.7. The first-order valence-electron chi connectivity index (χ1n) is 8.97. The number of hydrogen-bond acceptors (Lipinski definition) is 8. The number of likely N-dealkylation sites (tertiary alicyclic amines) is 1. The number of rotatable bonds is 4. The molecule has 0 aliphatic carbocycles. The normalized spacial score (nSPS) is 24.9. The number of nitrogens with one attached hydrogen (secondary N) is 2. The Balaban J connectivity index is 0.00000300. The summed E-state index contributed by atoms with van der Waals surface area (Å²) >= 11 is 0. The van der Waals surface area contributed by atoms with Crippen LogP contribution in [0.2, 0.25) is 0 Å². The van der Waals surface area contributed by atoms with E-state index in [1.807, 2.05) is 0 Å². The molecule has 156 valence electrons. The third kappa shape index (κ3) is 5.47. The minimum Gasteiger partial charge on any atom is -0.724 e. The maximum absolute atomic E-state index is 12.5. The Morgan fingerprint density at radius 3 is 2.38 bits per heavy atom. The van der Waals surface area contributed by atoms with Gasteiger partial charge in [-0.2, -0.15) is 9.35 Å². The molecule has 4 amide bonds. The Bertz CT molecular complexity index is 799. The molecule has 12 nitrogen and oxygen atoms in total. The number of nitrogens with zero attached hydrogens (tertiary/aromatic N) is 3. The molecule has 0 aromatic rings. The van der Waals surface area contributed by atoms with E-state index in [1.165, 1.54) is 11.8 Å². The number of carbonyl (C=O) groups is 3. The van der Waals surface area contributed by atoms with Gasteiger partial charge in [-0.3, -0.25) is 15.0 Å². The van der Waals surface area contributed by atoms with Crippen molar-refractivity contribution in [2.24, 2.45) is 5.92 Å². The van der Waals surface area contributed by atoms with Crippen LogP contribution in [0.4, 0.5) is 4.79 Å². The minimum absolute atomic E-state index is 0. The largest absolute Gasteiger partial charge is 1.00 e. The van der Waals surface area contributed by atoms with Gasteiger partial charge >= 0.3 is 35.6 Å². The minimum atomic E-state index is -5.08. The second-order valence-electron chi connectivity index (χ2n) is 7.17. The third-order valence-corrected chi connectivity index (χ3v) is 5.74. The molecule has 14 heteroatoms. The average Bonchev–Trinajstić information content (AvgIpc) is 2.85. The summed E-state index contributed by atoms with van der Waals surface area (Å²) in [5.41, 5.74) is 0. The summed E-state index contributed by atoms with van der Waals surface area (Å²) in [5.74, 6) is -0.857. The zero-order valence-corrected chi connectivity index (χ0v) is 19.1. The van der Waals surface area contributed by atoms with Crippen LogP contribution in [0.15, 0.2) is 0 Å². The molecule has 0 aromatic heterocycles. The molecule has 0 unspecified atom stereocenters. The average molecular weight is 439 g/mol. The Hall–Kier alpha value is -1.25. The molecule has 3 rings (SSSR count). The van der Waals surface area contributed by atoms with Gasteiger partial charge in [0.2, 0.25) is 22.2 Å². The van der Waals surface area contributed by atoms with Crippen LogP contribution in [-0.4, -0.2) is 83.2 Å². The first kappa shape index (κ1) is 24.0. The van der Waals surface area contributed by atoms with Crippen molar-refractivity contribution in [3.8, 4) is 0 Å². The summed E-state index contributed by atoms with van der Waals surface area (Å²) in [6, 6.07) is -2.14. The van der Waals surface area contributed by atoms with Crippen LogP contribution < -0.4 is 34.9 Å². The van der Waals surface area contributed by atoms with E-state index in [4.69, 9.17) is 5.41 Å². The molecule has 3 fully saturated rings. The van der Waals surface area contributed by atoms with Crippen molar-refractivity contribution in [1.82, 2.24) is 20.2 Å². The summed E-state index contributed by atoms with van der Waals surface area (Å²) in [6.45, 7) is 2.54. The predicted molar refractivity (Wildman–Crippen MR) is 92.4 cm³/mol. The van der Waals surface area contributed by atoms with Gasteiger partial charge in [0.25, 0.3) is 0 Å². The molecule has 3 aliphatic heterocycles. The molecule has 0 saturated carbocycles. The fourth-order valence-corrected chi connectivity index (χ4v) is 4.29. The SMILES string of the molecule is CC(=O)N1CCC(C(=O)NC(=N)[C@@H]2CC[C@@H]3CN2C(=O)N3OS(=O)(=O)[O-])CC1.[Na+]. The topological polar surface area (TPSA) is 163 Å². The Labute approximate surface area is 190 Å². The van der Waals surface area contributed by atoms with Gasteiger partial charge in [-0.05, 0) is 25.7 Å². The second-order valence-corrected chi connectivity index (χ2v) is 8.14. The summed E-state index contributed by atoms with van der Waals surface area (Å²) in [7, 11) is -5.08. The number of fused-ring (bicyclic) bond motifs is 2. The molecule has 29 heavy (non-hydrogen) atoms. The molecule has 0 spiro atoms. The molecule has 2 atom stereocenters. The number of hydrogen-bond donors (Lipinski definition) is 2. The maximum Gasteiger partial charge on any atom is 1.00 e. The van der Waals surface area contributed by atoms with E-state index >= 15 is 0 Å². The molecule has 3 saturated heterocycles. The van der Waals surface area contributed by atoms with Gasteiger partial charge < -0.3 is 19.7 Å². The van der Waals surface area contributed by atoms with Crippen LogP contribution >= 0.6 is 0 Å². The van der Waals surface area contributed by atoms with Crippen molar-refractivity contribution >= 4 is 34.1 Å². The van der Waals surface area contributed by atoms with Crippen LogP contribution in [0.25, 0.3) is 0 Å². The van der Waals surface area contributed by atoms with Crippen molar-refractivity contribution < 1.29 is 61.2 Å². The van der Waals surface area contributed by atoms with Crippen LogP contribution in [-0.2, 0) is 24.3 Å². The van der Waals surface area contributed by atoms with E-state index < -0.39 is 28.5 Å². The van der Waals surface area contributed by atoms with E-state index in [2.05, 4.69) is 9.60 Å².